The first-order chi connectivity index (χ1) is 6.77. The Labute approximate surface area is 82.5 Å². The number of carbonyl (C=O) groups excluding carboxylic acids is 1. The molecule has 2 N–H and O–H groups in total. The standard InChI is InChI=1S/C9H14N4O/c10-9(14)8-6-13(7-11-8)12-4-2-1-3-5-12/h6-7H,1-5H2,(H2,10,14). The molecule has 1 aliphatic rings. The molecular weight excluding hydrogens is 180 g/mol. The lowest BCUT2D eigenvalue weighted by atomic mass is 10.2. The summed E-state index contributed by atoms with van der Waals surface area (Å²) in [6.07, 6.45) is 7.01. The topological polar surface area (TPSA) is 64.2 Å². The summed E-state index contributed by atoms with van der Waals surface area (Å²) in [5, 5.41) is 2.17. The molecule has 76 valence electrons. The third-order valence-corrected chi connectivity index (χ3v) is 2.48. The number of carbonyl (C=O) groups is 1. The molecule has 0 aliphatic carbocycles. The Morgan fingerprint density at radius 3 is 2.64 bits per heavy atom. The molecule has 1 amide bonds. The third kappa shape index (κ3) is 1.71. The van der Waals surface area contributed by atoms with Crippen LogP contribution in [0.15, 0.2) is 12.5 Å². The van der Waals surface area contributed by atoms with Crippen LogP contribution in [-0.4, -0.2) is 28.7 Å². The number of nitrogens with two attached hydrogens (primary N) is 1. The number of amides is 1. The largest absolute Gasteiger partial charge is 0.364 e. The van der Waals surface area contributed by atoms with Crippen molar-refractivity contribution in [1.82, 2.24) is 9.66 Å². The minimum Gasteiger partial charge on any atom is -0.364 e. The van der Waals surface area contributed by atoms with E-state index in [1.54, 1.807) is 12.5 Å². The van der Waals surface area contributed by atoms with E-state index in [9.17, 15) is 4.79 Å². The number of hydrogen-bond acceptors (Lipinski definition) is 3. The summed E-state index contributed by atoms with van der Waals surface area (Å²) in [6.45, 7) is 2.04. The van der Waals surface area contributed by atoms with E-state index in [0.717, 1.165) is 13.1 Å². The highest BCUT2D eigenvalue weighted by atomic mass is 16.1. The zero-order valence-electron chi connectivity index (χ0n) is 8.02. The monoisotopic (exact) mass is 194 g/mol. The normalized spacial score (nSPS) is 17.0. The molecule has 0 radical (unpaired) electrons. The van der Waals surface area contributed by atoms with E-state index < -0.39 is 5.91 Å². The van der Waals surface area contributed by atoms with Gasteiger partial charge in [0.15, 0.2) is 0 Å². The van der Waals surface area contributed by atoms with Gasteiger partial charge in [-0.15, -0.1) is 0 Å². The minimum absolute atomic E-state index is 0.329. The second-order valence-corrected chi connectivity index (χ2v) is 3.52. The van der Waals surface area contributed by atoms with Crippen LogP contribution >= 0.6 is 0 Å². The summed E-state index contributed by atoms with van der Waals surface area (Å²) in [5.74, 6) is -0.472. The number of rotatable bonds is 2. The number of piperidine rings is 1. The van der Waals surface area contributed by atoms with Gasteiger partial charge in [0.2, 0.25) is 0 Å². The molecule has 1 saturated heterocycles. The Morgan fingerprint density at radius 1 is 1.36 bits per heavy atom. The van der Waals surface area contributed by atoms with Crippen LogP contribution in [0.1, 0.15) is 29.8 Å². The SMILES string of the molecule is NC(=O)c1cn(N2CCCCC2)cn1. The first-order valence-corrected chi connectivity index (χ1v) is 4.86. The molecule has 0 bridgehead atoms. The van der Waals surface area contributed by atoms with Crippen molar-refractivity contribution in [2.45, 2.75) is 19.3 Å². The van der Waals surface area contributed by atoms with Gasteiger partial charge in [0.1, 0.15) is 12.0 Å². The van der Waals surface area contributed by atoms with Gasteiger partial charge in [-0.3, -0.25) is 9.47 Å². The van der Waals surface area contributed by atoms with E-state index in [1.807, 2.05) is 4.68 Å². The van der Waals surface area contributed by atoms with Gasteiger partial charge in [-0.05, 0) is 19.3 Å². The maximum atomic E-state index is 10.8. The number of hydrogen-bond donors (Lipinski definition) is 1. The van der Waals surface area contributed by atoms with Crippen LogP contribution in [0.5, 0.6) is 0 Å². The molecular formula is C9H14N4O. The molecule has 1 fully saturated rings. The van der Waals surface area contributed by atoms with Crippen LogP contribution < -0.4 is 10.7 Å². The lowest BCUT2D eigenvalue weighted by Gasteiger charge is -2.28. The Bertz CT molecular complexity index is 327. The lowest BCUT2D eigenvalue weighted by molar-refractivity contribution is 0.0996. The fourth-order valence-electron chi connectivity index (χ4n) is 1.70. The molecule has 14 heavy (non-hydrogen) atoms. The summed E-state index contributed by atoms with van der Waals surface area (Å²) < 4.78 is 1.86. The van der Waals surface area contributed by atoms with E-state index in [4.69, 9.17) is 5.73 Å². The Hall–Kier alpha value is -1.52. The van der Waals surface area contributed by atoms with Crippen molar-refractivity contribution in [3.05, 3.63) is 18.2 Å². The van der Waals surface area contributed by atoms with E-state index in [2.05, 4.69) is 9.99 Å². The van der Waals surface area contributed by atoms with Gasteiger partial charge >= 0.3 is 0 Å². The van der Waals surface area contributed by atoms with E-state index >= 15 is 0 Å². The molecule has 0 aromatic carbocycles. The number of nitrogens with zero attached hydrogens (tertiary/aromatic N) is 3. The van der Waals surface area contributed by atoms with Crippen LogP contribution in [0.4, 0.5) is 0 Å². The van der Waals surface area contributed by atoms with Gasteiger partial charge in [0.25, 0.3) is 5.91 Å². The summed E-state index contributed by atoms with van der Waals surface area (Å²) in [5.41, 5.74) is 5.45. The molecule has 0 atom stereocenters. The van der Waals surface area contributed by atoms with Gasteiger partial charge in [-0.2, -0.15) is 0 Å². The lowest BCUT2D eigenvalue weighted by Crippen LogP contribution is -2.38. The van der Waals surface area contributed by atoms with Gasteiger partial charge in [-0.1, -0.05) is 0 Å². The highest BCUT2D eigenvalue weighted by Crippen LogP contribution is 2.08. The van der Waals surface area contributed by atoms with E-state index in [1.165, 1.54) is 19.3 Å². The maximum Gasteiger partial charge on any atom is 0.268 e. The van der Waals surface area contributed by atoms with Gasteiger partial charge in [0, 0.05) is 13.1 Å². The Kier molecular flexibility index (Phi) is 2.39. The third-order valence-electron chi connectivity index (χ3n) is 2.48. The van der Waals surface area contributed by atoms with Crippen molar-refractivity contribution in [3.63, 3.8) is 0 Å². The highest BCUT2D eigenvalue weighted by molar-refractivity contribution is 5.90. The predicted octanol–water partition coefficient (Wildman–Crippen LogP) is 0.104. The smallest absolute Gasteiger partial charge is 0.268 e. The van der Waals surface area contributed by atoms with Crippen molar-refractivity contribution >= 4 is 5.91 Å². The Morgan fingerprint density at radius 2 is 2.07 bits per heavy atom. The average Bonchev–Trinajstić information content (AvgIpc) is 2.68. The van der Waals surface area contributed by atoms with Crippen molar-refractivity contribution < 1.29 is 4.79 Å². The summed E-state index contributed by atoms with van der Waals surface area (Å²) in [6, 6.07) is 0. The zero-order valence-corrected chi connectivity index (χ0v) is 8.02. The quantitative estimate of drug-likeness (QED) is 0.726. The number of imidazole rings is 1. The fourth-order valence-corrected chi connectivity index (χ4v) is 1.70. The van der Waals surface area contributed by atoms with Crippen LogP contribution in [0.2, 0.25) is 0 Å². The number of aromatic nitrogens is 2. The van der Waals surface area contributed by atoms with Crippen LogP contribution in [0.25, 0.3) is 0 Å². The van der Waals surface area contributed by atoms with Crippen molar-refractivity contribution in [3.8, 4) is 0 Å². The molecule has 0 saturated carbocycles. The molecule has 1 aliphatic heterocycles. The molecule has 2 heterocycles. The minimum atomic E-state index is -0.472. The predicted molar refractivity (Wildman–Crippen MR) is 52.5 cm³/mol. The fraction of sp³-hybridized carbons (Fsp3) is 0.556. The van der Waals surface area contributed by atoms with Crippen LogP contribution in [-0.2, 0) is 0 Å². The first kappa shape index (κ1) is 9.05. The highest BCUT2D eigenvalue weighted by Gasteiger charge is 2.12. The van der Waals surface area contributed by atoms with Gasteiger partial charge < -0.3 is 10.7 Å². The molecule has 0 spiro atoms. The number of primary amides is 1. The van der Waals surface area contributed by atoms with Gasteiger partial charge in [-0.25, -0.2) is 4.98 Å². The molecule has 1 aromatic rings. The van der Waals surface area contributed by atoms with E-state index in [-0.39, 0.29) is 0 Å². The molecule has 2 rings (SSSR count). The van der Waals surface area contributed by atoms with Crippen molar-refractivity contribution in [2.75, 3.05) is 18.1 Å². The zero-order chi connectivity index (χ0) is 9.97. The van der Waals surface area contributed by atoms with Gasteiger partial charge in [0.05, 0.1) is 6.20 Å². The second-order valence-electron chi connectivity index (χ2n) is 3.52. The summed E-state index contributed by atoms with van der Waals surface area (Å²) in [4.78, 5) is 14.8. The molecule has 5 nitrogen and oxygen atoms in total. The summed E-state index contributed by atoms with van der Waals surface area (Å²) in [7, 11) is 0. The molecule has 0 unspecified atom stereocenters. The first-order valence-electron chi connectivity index (χ1n) is 4.86. The maximum absolute atomic E-state index is 10.8. The molecule has 1 aromatic heterocycles. The molecule has 5 heteroatoms. The van der Waals surface area contributed by atoms with E-state index in [0.29, 0.717) is 5.69 Å². The van der Waals surface area contributed by atoms with Crippen LogP contribution in [0, 0.1) is 0 Å². The Balaban J connectivity index is 2.11. The summed E-state index contributed by atoms with van der Waals surface area (Å²) >= 11 is 0. The van der Waals surface area contributed by atoms with Crippen LogP contribution in [0.3, 0.4) is 0 Å². The second kappa shape index (κ2) is 3.69. The van der Waals surface area contributed by atoms with Crippen molar-refractivity contribution in [1.29, 1.82) is 0 Å². The van der Waals surface area contributed by atoms with Crippen molar-refractivity contribution in [2.24, 2.45) is 5.73 Å². The average molecular weight is 194 g/mol.